The van der Waals surface area contributed by atoms with E-state index in [0.717, 1.165) is 65.7 Å². The number of carbonyl (C=O) groups excluding carboxylic acids is 1. The predicted octanol–water partition coefficient (Wildman–Crippen LogP) is 2.71. The largest absolute Gasteiger partial charge is 0.497 e. The predicted molar refractivity (Wildman–Crippen MR) is 131 cm³/mol. The van der Waals surface area contributed by atoms with E-state index in [9.17, 15) is 4.79 Å². The molecule has 1 saturated heterocycles. The molecule has 9 nitrogen and oxygen atoms in total. The van der Waals surface area contributed by atoms with Crippen molar-refractivity contribution in [1.82, 2.24) is 25.2 Å². The Morgan fingerprint density at radius 1 is 1.21 bits per heavy atom. The van der Waals surface area contributed by atoms with Gasteiger partial charge in [-0.05, 0) is 50.2 Å². The molecule has 1 fully saturated rings. The van der Waals surface area contributed by atoms with Crippen LogP contribution in [0.15, 0.2) is 41.6 Å². The fourth-order valence-electron chi connectivity index (χ4n) is 4.16. The summed E-state index contributed by atoms with van der Waals surface area (Å²) < 4.78 is 10.7. The highest BCUT2D eigenvalue weighted by Gasteiger charge is 2.20. The molecule has 5 rings (SSSR count). The highest BCUT2D eigenvalue weighted by Crippen LogP contribution is 2.25. The van der Waals surface area contributed by atoms with Crippen molar-refractivity contribution >= 4 is 34.5 Å². The van der Waals surface area contributed by atoms with E-state index in [0.29, 0.717) is 24.2 Å². The Balaban J connectivity index is 1.04. The lowest BCUT2D eigenvalue weighted by atomic mass is 10.1. The van der Waals surface area contributed by atoms with Gasteiger partial charge in [0.15, 0.2) is 18.2 Å². The third-order valence-electron chi connectivity index (χ3n) is 6.08. The molecule has 2 aliphatic heterocycles. The zero-order valence-electron chi connectivity index (χ0n) is 19.1. The first-order valence-electron chi connectivity index (χ1n) is 11.5. The van der Waals surface area contributed by atoms with Crippen LogP contribution in [-0.2, 0) is 11.3 Å². The molecule has 1 aromatic carbocycles. The standard InChI is InChI=1S/C24H28N6O3S/c1-32-18-3-4-19-20(12-18)28-23(14-26-19)34-11-10-30-8-6-16(7-9-30)25-13-17-2-5-21-24(27-17)29-22(31)15-33-21/h2-5,12,14,16,25H,6-11,13,15H2,1H3,(H,27,29,31). The van der Waals surface area contributed by atoms with Gasteiger partial charge in [-0.2, -0.15) is 0 Å². The maximum absolute atomic E-state index is 11.5. The molecular weight excluding hydrogens is 452 g/mol. The number of pyridine rings is 1. The minimum atomic E-state index is -0.163. The quantitative estimate of drug-likeness (QED) is 0.471. The molecule has 4 heterocycles. The number of amides is 1. The number of hydrogen-bond donors (Lipinski definition) is 2. The van der Waals surface area contributed by atoms with Crippen molar-refractivity contribution in [3.05, 3.63) is 42.2 Å². The zero-order chi connectivity index (χ0) is 23.3. The molecule has 0 radical (unpaired) electrons. The molecule has 0 saturated carbocycles. The van der Waals surface area contributed by atoms with E-state index in [4.69, 9.17) is 14.5 Å². The van der Waals surface area contributed by atoms with Crippen molar-refractivity contribution < 1.29 is 14.3 Å². The number of aromatic nitrogens is 3. The molecule has 178 valence electrons. The van der Waals surface area contributed by atoms with Gasteiger partial charge in [-0.1, -0.05) is 0 Å². The number of hydrogen-bond acceptors (Lipinski definition) is 9. The van der Waals surface area contributed by atoms with Crippen LogP contribution in [-0.4, -0.2) is 70.9 Å². The molecule has 2 aliphatic rings. The van der Waals surface area contributed by atoms with Crippen LogP contribution < -0.4 is 20.1 Å². The van der Waals surface area contributed by atoms with Gasteiger partial charge in [0.25, 0.3) is 5.91 Å². The smallest absolute Gasteiger partial charge is 0.263 e. The fraction of sp³-hybridized carbons (Fsp3) is 0.417. The van der Waals surface area contributed by atoms with Crippen LogP contribution in [0, 0.1) is 0 Å². The topological polar surface area (TPSA) is 102 Å². The number of rotatable bonds is 8. The lowest BCUT2D eigenvalue weighted by Crippen LogP contribution is -2.43. The van der Waals surface area contributed by atoms with Gasteiger partial charge < -0.3 is 25.0 Å². The van der Waals surface area contributed by atoms with E-state index in [1.807, 2.05) is 36.5 Å². The Labute approximate surface area is 202 Å². The number of likely N-dealkylation sites (tertiary alicyclic amines) is 1. The third kappa shape index (κ3) is 5.57. The number of nitrogens with one attached hydrogen (secondary N) is 2. The molecule has 1 amide bonds. The van der Waals surface area contributed by atoms with E-state index < -0.39 is 0 Å². The Morgan fingerprint density at radius 3 is 2.94 bits per heavy atom. The van der Waals surface area contributed by atoms with Gasteiger partial charge in [-0.15, -0.1) is 11.8 Å². The zero-order valence-corrected chi connectivity index (χ0v) is 19.9. The van der Waals surface area contributed by atoms with E-state index >= 15 is 0 Å². The molecule has 0 aliphatic carbocycles. The van der Waals surface area contributed by atoms with Crippen LogP contribution in [0.5, 0.6) is 11.5 Å². The third-order valence-corrected chi connectivity index (χ3v) is 6.96. The number of anilines is 1. The second-order valence-electron chi connectivity index (χ2n) is 8.39. The van der Waals surface area contributed by atoms with Gasteiger partial charge in [0.05, 0.1) is 30.0 Å². The highest BCUT2D eigenvalue weighted by atomic mass is 32.2. The maximum Gasteiger partial charge on any atom is 0.263 e. The summed E-state index contributed by atoms with van der Waals surface area (Å²) in [6, 6.07) is 10.0. The molecule has 0 unspecified atom stereocenters. The number of piperidine rings is 1. The summed E-state index contributed by atoms with van der Waals surface area (Å²) in [6.45, 7) is 3.89. The van der Waals surface area contributed by atoms with Crippen molar-refractivity contribution in [3.8, 4) is 11.5 Å². The van der Waals surface area contributed by atoms with E-state index in [2.05, 4.69) is 25.5 Å². The van der Waals surface area contributed by atoms with E-state index in [1.54, 1.807) is 18.9 Å². The van der Waals surface area contributed by atoms with Crippen molar-refractivity contribution in [2.45, 2.75) is 30.5 Å². The van der Waals surface area contributed by atoms with Crippen LogP contribution >= 0.6 is 11.8 Å². The molecule has 10 heteroatoms. The van der Waals surface area contributed by atoms with Crippen molar-refractivity contribution in [2.24, 2.45) is 0 Å². The first-order chi connectivity index (χ1) is 16.7. The molecule has 2 aromatic heterocycles. The van der Waals surface area contributed by atoms with Gasteiger partial charge in [0.2, 0.25) is 0 Å². The Hall–Kier alpha value is -2.95. The van der Waals surface area contributed by atoms with Gasteiger partial charge >= 0.3 is 0 Å². The normalized spacial score (nSPS) is 16.7. The molecule has 0 atom stereocenters. The minimum Gasteiger partial charge on any atom is -0.497 e. The van der Waals surface area contributed by atoms with Crippen molar-refractivity contribution in [2.75, 3.05) is 44.4 Å². The number of thioether (sulfide) groups is 1. The van der Waals surface area contributed by atoms with Crippen LogP contribution in [0.2, 0.25) is 0 Å². The minimum absolute atomic E-state index is 0.0498. The van der Waals surface area contributed by atoms with Gasteiger partial charge in [0, 0.05) is 31.0 Å². The van der Waals surface area contributed by atoms with Crippen LogP contribution in [0.3, 0.4) is 0 Å². The van der Waals surface area contributed by atoms with E-state index in [-0.39, 0.29) is 12.5 Å². The molecular formula is C24H28N6O3S. The lowest BCUT2D eigenvalue weighted by molar-refractivity contribution is -0.118. The molecule has 0 bridgehead atoms. The number of ether oxygens (including phenoxy) is 2. The summed E-state index contributed by atoms with van der Waals surface area (Å²) in [7, 11) is 1.66. The Bertz CT molecular complexity index is 1170. The molecule has 3 aromatic rings. The average molecular weight is 481 g/mol. The average Bonchev–Trinajstić information content (AvgIpc) is 2.87. The second kappa shape index (κ2) is 10.5. The summed E-state index contributed by atoms with van der Waals surface area (Å²) >= 11 is 1.74. The number of methoxy groups -OCH3 is 1. The van der Waals surface area contributed by atoms with Gasteiger partial charge in [-0.25, -0.2) is 9.97 Å². The Morgan fingerprint density at radius 2 is 2.09 bits per heavy atom. The molecule has 0 spiro atoms. The maximum atomic E-state index is 11.5. The van der Waals surface area contributed by atoms with Crippen LogP contribution in [0.1, 0.15) is 18.5 Å². The molecule has 2 N–H and O–H groups in total. The first kappa shape index (κ1) is 22.8. The number of nitrogens with zero attached hydrogens (tertiary/aromatic N) is 4. The lowest BCUT2D eigenvalue weighted by Gasteiger charge is -2.32. The number of fused-ring (bicyclic) bond motifs is 2. The van der Waals surface area contributed by atoms with E-state index in [1.165, 1.54) is 0 Å². The summed E-state index contributed by atoms with van der Waals surface area (Å²) in [5.74, 6) is 2.75. The summed E-state index contributed by atoms with van der Waals surface area (Å²) in [4.78, 5) is 27.7. The summed E-state index contributed by atoms with van der Waals surface area (Å²) in [5.41, 5.74) is 2.64. The Kier molecular flexibility index (Phi) is 7.08. The van der Waals surface area contributed by atoms with Crippen LogP contribution in [0.25, 0.3) is 11.0 Å². The highest BCUT2D eigenvalue weighted by molar-refractivity contribution is 7.99. The van der Waals surface area contributed by atoms with Gasteiger partial charge in [-0.3, -0.25) is 9.78 Å². The van der Waals surface area contributed by atoms with Crippen LogP contribution in [0.4, 0.5) is 5.82 Å². The number of carbonyl (C=O) groups is 1. The summed E-state index contributed by atoms with van der Waals surface area (Å²) in [5, 5.41) is 7.31. The van der Waals surface area contributed by atoms with Gasteiger partial charge in [0.1, 0.15) is 10.8 Å². The monoisotopic (exact) mass is 480 g/mol. The molecule has 34 heavy (non-hydrogen) atoms. The number of benzene rings is 1. The summed E-state index contributed by atoms with van der Waals surface area (Å²) in [6.07, 6.45) is 4.05. The first-order valence-corrected chi connectivity index (χ1v) is 12.5. The second-order valence-corrected chi connectivity index (χ2v) is 9.51. The SMILES string of the molecule is COc1ccc2ncc(SCCN3CCC(NCc4ccc5c(n4)NC(=O)CO5)CC3)nc2c1. The van der Waals surface area contributed by atoms with Crippen molar-refractivity contribution in [3.63, 3.8) is 0 Å². The van der Waals surface area contributed by atoms with Crippen molar-refractivity contribution in [1.29, 1.82) is 0 Å². The fourth-order valence-corrected chi connectivity index (χ4v) is 5.01.